The Balaban J connectivity index is 0. The molecular formula is C7H17FN2O. The van der Waals surface area contributed by atoms with E-state index in [9.17, 15) is 4.79 Å². The number of rotatable bonds is 4. The zero-order valence-corrected chi connectivity index (χ0v) is 7.36. The summed E-state index contributed by atoms with van der Waals surface area (Å²) in [5, 5.41) is 0. The predicted octanol–water partition coefficient (Wildman–Crippen LogP) is -3.35. The zero-order chi connectivity index (χ0) is 7.98. The van der Waals surface area contributed by atoms with Gasteiger partial charge in [0.1, 0.15) is 0 Å². The quantitative estimate of drug-likeness (QED) is 0.194. The average molecular weight is 164 g/mol. The second-order valence-electron chi connectivity index (χ2n) is 2.66. The van der Waals surface area contributed by atoms with Crippen molar-refractivity contribution in [1.82, 2.24) is 5.43 Å². The molecule has 0 aliphatic heterocycles. The Morgan fingerprint density at radius 3 is 2.45 bits per heavy atom. The SMILES string of the molecule is CCC[NH2+]NC(=O)C(C)C.[F-]. The Morgan fingerprint density at radius 2 is 2.09 bits per heavy atom. The molecule has 0 spiro atoms. The van der Waals surface area contributed by atoms with Crippen molar-refractivity contribution >= 4 is 5.91 Å². The van der Waals surface area contributed by atoms with Crippen molar-refractivity contribution in [2.24, 2.45) is 5.92 Å². The molecule has 0 rings (SSSR count). The number of carbonyl (C=O) groups excluding carboxylic acids is 1. The number of quaternary nitrogens is 1. The van der Waals surface area contributed by atoms with Crippen LogP contribution in [0, 0.1) is 5.92 Å². The summed E-state index contributed by atoms with van der Waals surface area (Å²) < 4.78 is 0. The Hall–Kier alpha value is -0.640. The van der Waals surface area contributed by atoms with E-state index in [0.717, 1.165) is 13.0 Å². The van der Waals surface area contributed by atoms with Gasteiger partial charge in [0.25, 0.3) is 5.91 Å². The van der Waals surface area contributed by atoms with Crippen molar-refractivity contribution in [1.29, 1.82) is 0 Å². The van der Waals surface area contributed by atoms with Gasteiger partial charge in [0, 0.05) is 5.92 Å². The summed E-state index contributed by atoms with van der Waals surface area (Å²) in [5.41, 5.74) is 4.54. The maximum Gasteiger partial charge on any atom is 0.267 e. The van der Waals surface area contributed by atoms with Crippen LogP contribution in [0.5, 0.6) is 0 Å². The van der Waals surface area contributed by atoms with E-state index < -0.39 is 0 Å². The minimum atomic E-state index is 0. The molecule has 0 aromatic heterocycles. The van der Waals surface area contributed by atoms with Gasteiger partial charge in [-0.15, -0.1) is 0 Å². The summed E-state index contributed by atoms with van der Waals surface area (Å²) in [6.07, 6.45) is 1.08. The highest BCUT2D eigenvalue weighted by atomic mass is 19.0. The molecule has 0 aromatic carbocycles. The van der Waals surface area contributed by atoms with Gasteiger partial charge in [-0.3, -0.25) is 4.79 Å². The molecule has 0 unspecified atom stereocenters. The highest BCUT2D eigenvalue weighted by molar-refractivity contribution is 5.76. The largest absolute Gasteiger partial charge is 1.00 e. The smallest absolute Gasteiger partial charge is 0.267 e. The Morgan fingerprint density at radius 1 is 1.55 bits per heavy atom. The molecule has 0 saturated heterocycles. The standard InChI is InChI=1S/C7H16N2O.FH/c1-4-5-8-9-7(10)6(2)3;/h6,8H,4-5H2,1-3H3,(H,9,10);1H. The maximum absolute atomic E-state index is 10.9. The normalized spacial score (nSPS) is 9.09. The lowest BCUT2D eigenvalue weighted by molar-refractivity contribution is -0.698. The summed E-state index contributed by atoms with van der Waals surface area (Å²) in [7, 11) is 0. The van der Waals surface area contributed by atoms with Gasteiger partial charge in [-0.1, -0.05) is 20.8 Å². The zero-order valence-electron chi connectivity index (χ0n) is 7.36. The van der Waals surface area contributed by atoms with E-state index in [0.29, 0.717) is 0 Å². The van der Waals surface area contributed by atoms with E-state index in [1.807, 2.05) is 19.3 Å². The van der Waals surface area contributed by atoms with E-state index in [-0.39, 0.29) is 16.5 Å². The molecule has 3 nitrogen and oxygen atoms in total. The Bertz CT molecular complexity index is 107. The van der Waals surface area contributed by atoms with E-state index >= 15 is 0 Å². The molecule has 0 aromatic rings. The summed E-state index contributed by atoms with van der Waals surface area (Å²) >= 11 is 0. The van der Waals surface area contributed by atoms with Crippen LogP contribution in [0.1, 0.15) is 27.2 Å². The third kappa shape index (κ3) is 7.25. The van der Waals surface area contributed by atoms with Crippen LogP contribution in [0.25, 0.3) is 0 Å². The van der Waals surface area contributed by atoms with Crippen molar-refractivity contribution in [3.05, 3.63) is 0 Å². The second kappa shape index (κ2) is 7.47. The molecule has 11 heavy (non-hydrogen) atoms. The molecule has 4 heteroatoms. The first kappa shape index (κ1) is 13.0. The van der Waals surface area contributed by atoms with Gasteiger partial charge in [-0.25, -0.2) is 10.9 Å². The van der Waals surface area contributed by atoms with Crippen molar-refractivity contribution < 1.29 is 14.9 Å². The fourth-order valence-corrected chi connectivity index (χ4v) is 0.484. The molecule has 0 aliphatic rings. The highest BCUT2D eigenvalue weighted by Crippen LogP contribution is 1.86. The van der Waals surface area contributed by atoms with Crippen molar-refractivity contribution in [3.63, 3.8) is 0 Å². The van der Waals surface area contributed by atoms with Gasteiger partial charge >= 0.3 is 0 Å². The molecule has 0 bridgehead atoms. The number of hydrogen-bond acceptors (Lipinski definition) is 1. The van der Waals surface area contributed by atoms with Gasteiger partial charge in [0.05, 0.1) is 6.54 Å². The van der Waals surface area contributed by atoms with Crippen molar-refractivity contribution in [2.75, 3.05) is 6.54 Å². The lowest BCUT2D eigenvalue weighted by Crippen LogP contribution is -3.00. The third-order valence-electron chi connectivity index (χ3n) is 1.20. The van der Waals surface area contributed by atoms with Gasteiger partial charge in [0.15, 0.2) is 0 Å². The van der Waals surface area contributed by atoms with Crippen LogP contribution < -0.4 is 15.6 Å². The molecule has 68 valence electrons. The summed E-state index contributed by atoms with van der Waals surface area (Å²) in [6, 6.07) is 0. The fourth-order valence-electron chi connectivity index (χ4n) is 0.484. The van der Waals surface area contributed by atoms with Gasteiger partial charge in [-0.2, -0.15) is 0 Å². The number of carbonyl (C=O) groups is 1. The van der Waals surface area contributed by atoms with Crippen LogP contribution in [-0.4, -0.2) is 12.5 Å². The minimum Gasteiger partial charge on any atom is -1.00 e. The number of amides is 1. The first-order chi connectivity index (χ1) is 4.68. The molecule has 0 heterocycles. The molecule has 0 saturated carbocycles. The lowest BCUT2D eigenvalue weighted by atomic mass is 10.2. The topological polar surface area (TPSA) is 45.7 Å². The van der Waals surface area contributed by atoms with Crippen molar-refractivity contribution in [2.45, 2.75) is 27.2 Å². The molecule has 0 fully saturated rings. The van der Waals surface area contributed by atoms with Crippen LogP contribution in [0.15, 0.2) is 0 Å². The van der Waals surface area contributed by atoms with Gasteiger partial charge < -0.3 is 4.70 Å². The second-order valence-corrected chi connectivity index (χ2v) is 2.66. The molecule has 0 aliphatic carbocycles. The highest BCUT2D eigenvalue weighted by Gasteiger charge is 2.05. The van der Waals surface area contributed by atoms with Crippen LogP contribution in [0.2, 0.25) is 0 Å². The molecule has 1 amide bonds. The van der Waals surface area contributed by atoms with E-state index in [1.54, 1.807) is 0 Å². The number of hydrogen-bond donors (Lipinski definition) is 2. The molecule has 0 atom stereocenters. The number of halogens is 1. The fraction of sp³-hybridized carbons (Fsp3) is 0.857. The number of nitrogens with two attached hydrogens (primary N) is 1. The average Bonchev–Trinajstić information content (AvgIpc) is 1.88. The van der Waals surface area contributed by atoms with Gasteiger partial charge in [0.2, 0.25) is 0 Å². The number of nitrogens with one attached hydrogen (secondary N) is 1. The predicted molar refractivity (Wildman–Crippen MR) is 40.1 cm³/mol. The van der Waals surface area contributed by atoms with Crippen LogP contribution in [0.4, 0.5) is 0 Å². The first-order valence-corrected chi connectivity index (χ1v) is 3.80. The van der Waals surface area contributed by atoms with E-state index in [2.05, 4.69) is 12.3 Å². The maximum atomic E-state index is 10.9. The summed E-state index contributed by atoms with van der Waals surface area (Å²) in [5.74, 6) is 0.196. The summed E-state index contributed by atoms with van der Waals surface area (Å²) in [4.78, 5) is 10.9. The minimum absolute atomic E-state index is 0. The van der Waals surface area contributed by atoms with Gasteiger partial charge in [-0.05, 0) is 6.42 Å². The van der Waals surface area contributed by atoms with Crippen LogP contribution in [-0.2, 0) is 4.79 Å². The molecule has 0 radical (unpaired) electrons. The Labute approximate surface area is 66.9 Å². The third-order valence-corrected chi connectivity index (χ3v) is 1.20. The van der Waals surface area contributed by atoms with Crippen molar-refractivity contribution in [3.8, 4) is 0 Å². The van der Waals surface area contributed by atoms with Crippen LogP contribution >= 0.6 is 0 Å². The van der Waals surface area contributed by atoms with Crippen LogP contribution in [0.3, 0.4) is 0 Å². The molecular weight excluding hydrogens is 147 g/mol. The summed E-state index contributed by atoms with van der Waals surface area (Å²) in [6.45, 7) is 6.81. The lowest BCUT2D eigenvalue weighted by Gasteiger charge is -2.03. The monoisotopic (exact) mass is 164 g/mol. The molecule has 3 N–H and O–H groups in total. The van der Waals surface area contributed by atoms with E-state index in [4.69, 9.17) is 0 Å². The van der Waals surface area contributed by atoms with E-state index in [1.165, 1.54) is 0 Å². The Kier molecular flexibility index (Phi) is 8.82. The first-order valence-electron chi connectivity index (χ1n) is 3.80.